The molecule has 4 nitrogen and oxygen atoms in total. The molecule has 3 rings (SSSR count). The Morgan fingerprint density at radius 2 is 2.10 bits per heavy atom. The minimum Gasteiger partial charge on any atom is -0.311 e. The van der Waals surface area contributed by atoms with Gasteiger partial charge >= 0.3 is 0 Å². The molecule has 1 saturated heterocycles. The summed E-state index contributed by atoms with van der Waals surface area (Å²) >= 11 is 0. The summed E-state index contributed by atoms with van der Waals surface area (Å²) in [6.07, 6.45) is 7.08. The lowest BCUT2D eigenvalue weighted by molar-refractivity contribution is 0.0688. The van der Waals surface area contributed by atoms with E-state index >= 15 is 0 Å². The molecule has 0 radical (unpaired) electrons. The summed E-state index contributed by atoms with van der Waals surface area (Å²) in [6, 6.07) is 1.29. The van der Waals surface area contributed by atoms with Crippen molar-refractivity contribution >= 4 is 0 Å². The normalized spacial score (nSPS) is 28.0. The smallest absolute Gasteiger partial charge is 0.0534 e. The standard InChI is InChI=1S/C17H30N4/c1-5-21-11-13(8-19-21)10-20-12-16(17(2,3)4)18-9-15(20)14-6-7-14/h8,11,14-16,18H,5-7,9-10,12H2,1-4H3. The second-order valence-electron chi connectivity index (χ2n) is 7.87. The summed E-state index contributed by atoms with van der Waals surface area (Å²) in [7, 11) is 0. The van der Waals surface area contributed by atoms with Crippen LogP contribution in [0.2, 0.25) is 0 Å². The van der Waals surface area contributed by atoms with Crippen LogP contribution in [0.3, 0.4) is 0 Å². The van der Waals surface area contributed by atoms with Crippen molar-refractivity contribution in [2.75, 3.05) is 13.1 Å². The lowest BCUT2D eigenvalue weighted by atomic mass is 9.84. The maximum atomic E-state index is 4.43. The van der Waals surface area contributed by atoms with E-state index in [1.165, 1.54) is 18.4 Å². The average molecular weight is 290 g/mol. The third-order valence-corrected chi connectivity index (χ3v) is 5.07. The van der Waals surface area contributed by atoms with Crippen molar-refractivity contribution in [2.24, 2.45) is 11.3 Å². The second kappa shape index (κ2) is 5.73. The van der Waals surface area contributed by atoms with Crippen molar-refractivity contribution in [3.8, 4) is 0 Å². The van der Waals surface area contributed by atoms with Gasteiger partial charge in [0.05, 0.1) is 6.20 Å². The van der Waals surface area contributed by atoms with E-state index in [0.717, 1.165) is 32.1 Å². The Kier molecular flexibility index (Phi) is 4.10. The maximum absolute atomic E-state index is 4.43. The van der Waals surface area contributed by atoms with Crippen LogP contribution in [-0.4, -0.2) is 39.9 Å². The van der Waals surface area contributed by atoms with Gasteiger partial charge in [-0.1, -0.05) is 20.8 Å². The SMILES string of the molecule is CCn1cc(CN2CC(C(C)(C)C)NCC2C2CC2)cn1. The number of nitrogens with one attached hydrogen (secondary N) is 1. The van der Waals surface area contributed by atoms with Gasteiger partial charge in [0.15, 0.2) is 0 Å². The zero-order chi connectivity index (χ0) is 15.0. The molecule has 1 saturated carbocycles. The van der Waals surface area contributed by atoms with Crippen molar-refractivity contribution in [3.05, 3.63) is 18.0 Å². The summed E-state index contributed by atoms with van der Waals surface area (Å²) in [5, 5.41) is 8.23. The Morgan fingerprint density at radius 1 is 1.33 bits per heavy atom. The van der Waals surface area contributed by atoms with Crippen LogP contribution >= 0.6 is 0 Å². The third-order valence-electron chi connectivity index (χ3n) is 5.07. The van der Waals surface area contributed by atoms with Crippen molar-refractivity contribution in [1.82, 2.24) is 20.0 Å². The molecule has 1 N–H and O–H groups in total. The number of hydrogen-bond acceptors (Lipinski definition) is 3. The molecule has 0 aromatic carbocycles. The minimum absolute atomic E-state index is 0.320. The molecule has 0 bridgehead atoms. The van der Waals surface area contributed by atoms with Crippen molar-refractivity contribution < 1.29 is 0 Å². The fourth-order valence-electron chi connectivity index (χ4n) is 3.43. The summed E-state index contributed by atoms with van der Waals surface area (Å²) in [5.74, 6) is 0.916. The second-order valence-corrected chi connectivity index (χ2v) is 7.87. The van der Waals surface area contributed by atoms with E-state index in [-0.39, 0.29) is 0 Å². The number of aryl methyl sites for hydroxylation is 1. The first kappa shape index (κ1) is 15.0. The van der Waals surface area contributed by atoms with E-state index in [0.29, 0.717) is 17.5 Å². The van der Waals surface area contributed by atoms with Gasteiger partial charge in [0.1, 0.15) is 0 Å². The van der Waals surface area contributed by atoms with Crippen LogP contribution in [0.5, 0.6) is 0 Å². The van der Waals surface area contributed by atoms with Crippen LogP contribution in [-0.2, 0) is 13.1 Å². The highest BCUT2D eigenvalue weighted by Crippen LogP contribution is 2.38. The van der Waals surface area contributed by atoms with Gasteiger partial charge < -0.3 is 5.32 Å². The summed E-state index contributed by atoms with van der Waals surface area (Å²) < 4.78 is 2.03. The number of rotatable bonds is 4. The molecule has 2 aliphatic rings. The monoisotopic (exact) mass is 290 g/mol. The van der Waals surface area contributed by atoms with E-state index < -0.39 is 0 Å². The van der Waals surface area contributed by atoms with Gasteiger partial charge in [-0.25, -0.2) is 0 Å². The van der Waals surface area contributed by atoms with Gasteiger partial charge in [-0.15, -0.1) is 0 Å². The zero-order valence-electron chi connectivity index (χ0n) is 14.0. The first-order valence-corrected chi connectivity index (χ1v) is 8.46. The largest absolute Gasteiger partial charge is 0.311 e. The third kappa shape index (κ3) is 3.49. The minimum atomic E-state index is 0.320. The summed E-state index contributed by atoms with van der Waals surface area (Å²) in [5.41, 5.74) is 1.68. The molecule has 1 aliphatic carbocycles. The lowest BCUT2D eigenvalue weighted by Gasteiger charge is -2.45. The van der Waals surface area contributed by atoms with Crippen LogP contribution in [0.15, 0.2) is 12.4 Å². The highest BCUT2D eigenvalue weighted by Gasteiger charge is 2.41. The maximum Gasteiger partial charge on any atom is 0.0534 e. The highest BCUT2D eigenvalue weighted by molar-refractivity contribution is 5.07. The average Bonchev–Trinajstić information content (AvgIpc) is 3.18. The molecule has 2 unspecified atom stereocenters. The summed E-state index contributed by atoms with van der Waals surface area (Å²) in [4.78, 5) is 2.71. The molecular formula is C17H30N4. The van der Waals surface area contributed by atoms with Crippen LogP contribution in [0, 0.1) is 11.3 Å². The fraction of sp³-hybridized carbons (Fsp3) is 0.824. The summed E-state index contributed by atoms with van der Waals surface area (Å²) in [6.45, 7) is 13.5. The molecule has 1 aromatic heterocycles. The molecule has 0 spiro atoms. The van der Waals surface area contributed by atoms with E-state index in [2.05, 4.69) is 49.2 Å². The topological polar surface area (TPSA) is 33.1 Å². The molecule has 21 heavy (non-hydrogen) atoms. The number of hydrogen-bond donors (Lipinski definition) is 1. The lowest BCUT2D eigenvalue weighted by Crippen LogP contribution is -2.60. The first-order chi connectivity index (χ1) is 9.97. The Morgan fingerprint density at radius 3 is 2.67 bits per heavy atom. The fourth-order valence-corrected chi connectivity index (χ4v) is 3.43. The van der Waals surface area contributed by atoms with Crippen LogP contribution in [0.1, 0.15) is 46.1 Å². The van der Waals surface area contributed by atoms with Gasteiger partial charge in [0.2, 0.25) is 0 Å². The first-order valence-electron chi connectivity index (χ1n) is 8.46. The van der Waals surface area contributed by atoms with Crippen LogP contribution in [0.25, 0.3) is 0 Å². The van der Waals surface area contributed by atoms with Crippen molar-refractivity contribution in [1.29, 1.82) is 0 Å². The Labute approximate surface area is 128 Å². The Bertz CT molecular complexity index is 469. The molecule has 118 valence electrons. The molecule has 0 amide bonds. The van der Waals surface area contributed by atoms with E-state index in [9.17, 15) is 0 Å². The van der Waals surface area contributed by atoms with Gasteiger partial charge in [0, 0.05) is 50.0 Å². The van der Waals surface area contributed by atoms with Crippen LogP contribution < -0.4 is 5.32 Å². The van der Waals surface area contributed by atoms with E-state index in [4.69, 9.17) is 0 Å². The number of nitrogens with zero attached hydrogens (tertiary/aromatic N) is 3. The van der Waals surface area contributed by atoms with Gasteiger partial charge in [-0.05, 0) is 31.1 Å². The Hall–Kier alpha value is -0.870. The molecule has 2 fully saturated rings. The Balaban J connectivity index is 1.70. The molecule has 1 aromatic rings. The van der Waals surface area contributed by atoms with E-state index in [1.54, 1.807) is 0 Å². The van der Waals surface area contributed by atoms with E-state index in [1.807, 2.05) is 10.9 Å². The number of aromatic nitrogens is 2. The quantitative estimate of drug-likeness (QED) is 0.925. The molecule has 2 atom stereocenters. The molecular weight excluding hydrogens is 260 g/mol. The highest BCUT2D eigenvalue weighted by atomic mass is 15.3. The van der Waals surface area contributed by atoms with Crippen molar-refractivity contribution in [2.45, 2.75) is 65.7 Å². The van der Waals surface area contributed by atoms with Gasteiger partial charge in [0.25, 0.3) is 0 Å². The van der Waals surface area contributed by atoms with Gasteiger partial charge in [-0.2, -0.15) is 5.10 Å². The molecule has 2 heterocycles. The number of piperazine rings is 1. The van der Waals surface area contributed by atoms with Gasteiger partial charge in [-0.3, -0.25) is 9.58 Å². The van der Waals surface area contributed by atoms with Crippen molar-refractivity contribution in [3.63, 3.8) is 0 Å². The predicted octanol–water partition coefficient (Wildman–Crippen LogP) is 2.50. The molecule has 1 aliphatic heterocycles. The van der Waals surface area contributed by atoms with Crippen LogP contribution in [0.4, 0.5) is 0 Å². The predicted molar refractivity (Wildman–Crippen MR) is 86.1 cm³/mol. The molecule has 4 heteroatoms. The zero-order valence-corrected chi connectivity index (χ0v) is 14.0.